The van der Waals surface area contributed by atoms with E-state index in [1.807, 2.05) is 18.2 Å². The molecule has 0 saturated carbocycles. The average Bonchev–Trinajstić information content (AvgIpc) is 2.84. The first kappa shape index (κ1) is 18.3. The highest BCUT2D eigenvalue weighted by atomic mass is 16.7. The van der Waals surface area contributed by atoms with E-state index in [9.17, 15) is 25.9 Å². The summed E-state index contributed by atoms with van der Waals surface area (Å²) < 4.78 is 11.6. The van der Waals surface area contributed by atoms with Gasteiger partial charge in [0.1, 0.15) is 6.10 Å². The number of hydrogen-bond acceptors (Lipinski definition) is 8. The first-order valence-corrected chi connectivity index (χ1v) is 8.20. The summed E-state index contributed by atoms with van der Waals surface area (Å²) in [5, 5.41) is 49.4. The highest BCUT2D eigenvalue weighted by Crippen LogP contribution is 2.67. The maximum atomic E-state index is 11.1. The van der Waals surface area contributed by atoms with Gasteiger partial charge < -0.3 is 9.47 Å². The van der Waals surface area contributed by atoms with Crippen molar-refractivity contribution in [3.8, 4) is 18.2 Å². The van der Waals surface area contributed by atoms with Gasteiger partial charge in [0, 0.05) is 19.1 Å². The third-order valence-electron chi connectivity index (χ3n) is 5.51. The van der Waals surface area contributed by atoms with Gasteiger partial charge in [-0.2, -0.15) is 15.8 Å². The SMILES string of the molecule is CCC1C2(C)OC(=N)C1(C#N)C(C#N)(C#N)C(c1cccc([N+](=O)[O-])c1)O2. The normalized spacial score (nSPS) is 33.2. The van der Waals surface area contributed by atoms with E-state index in [2.05, 4.69) is 0 Å². The quantitative estimate of drug-likeness (QED) is 0.637. The summed E-state index contributed by atoms with van der Waals surface area (Å²) in [5.74, 6) is -2.62. The number of nitro groups is 1. The van der Waals surface area contributed by atoms with Gasteiger partial charge in [-0.3, -0.25) is 15.5 Å². The number of non-ortho nitro benzene ring substituents is 1. The van der Waals surface area contributed by atoms with Crippen LogP contribution in [-0.4, -0.2) is 16.6 Å². The minimum Gasteiger partial charge on any atom is -0.448 e. The van der Waals surface area contributed by atoms with Gasteiger partial charge in [0.15, 0.2) is 5.41 Å². The minimum atomic E-state index is -2.11. The molecule has 1 N–H and O–H groups in total. The van der Waals surface area contributed by atoms with Crippen LogP contribution in [0.2, 0.25) is 0 Å². The number of ether oxygens (including phenoxy) is 2. The molecule has 4 atom stereocenters. The number of hydrogen-bond donors (Lipinski definition) is 1. The zero-order chi connectivity index (χ0) is 20.0. The fraction of sp³-hybridized carbons (Fsp3) is 0.444. The predicted octanol–water partition coefficient (Wildman–Crippen LogP) is 2.96. The van der Waals surface area contributed by atoms with Crippen LogP contribution in [-0.2, 0) is 9.47 Å². The predicted molar refractivity (Wildman–Crippen MR) is 89.6 cm³/mol. The van der Waals surface area contributed by atoms with E-state index in [0.29, 0.717) is 6.42 Å². The summed E-state index contributed by atoms with van der Waals surface area (Å²) in [4.78, 5) is 10.5. The van der Waals surface area contributed by atoms with Crippen molar-refractivity contribution in [2.75, 3.05) is 0 Å². The number of nitrogens with one attached hydrogen (secondary N) is 1. The van der Waals surface area contributed by atoms with Gasteiger partial charge in [-0.15, -0.1) is 0 Å². The van der Waals surface area contributed by atoms with Crippen molar-refractivity contribution in [3.63, 3.8) is 0 Å². The fourth-order valence-electron chi connectivity index (χ4n) is 4.33. The molecule has 27 heavy (non-hydrogen) atoms. The first-order chi connectivity index (χ1) is 12.8. The molecule has 2 bridgehead atoms. The van der Waals surface area contributed by atoms with E-state index in [4.69, 9.17) is 14.9 Å². The van der Waals surface area contributed by atoms with E-state index in [1.54, 1.807) is 13.8 Å². The van der Waals surface area contributed by atoms with Crippen LogP contribution in [0.25, 0.3) is 0 Å². The molecule has 1 aromatic rings. The van der Waals surface area contributed by atoms with Gasteiger partial charge in [0.25, 0.3) is 5.69 Å². The Kier molecular flexibility index (Phi) is 3.91. The molecular weight excluding hydrogens is 350 g/mol. The van der Waals surface area contributed by atoms with Crippen LogP contribution < -0.4 is 0 Å². The second kappa shape index (κ2) is 5.77. The van der Waals surface area contributed by atoms with Crippen molar-refractivity contribution in [3.05, 3.63) is 39.9 Å². The second-order valence-electron chi connectivity index (χ2n) is 6.71. The number of nitrogens with zero attached hydrogens (tertiary/aromatic N) is 4. The molecule has 3 rings (SSSR count). The van der Waals surface area contributed by atoms with Gasteiger partial charge in [0.05, 0.1) is 29.0 Å². The van der Waals surface area contributed by atoms with Crippen molar-refractivity contribution < 1.29 is 14.4 Å². The zero-order valence-electron chi connectivity index (χ0n) is 14.6. The molecule has 0 aromatic heterocycles. The third kappa shape index (κ3) is 2.02. The highest BCUT2D eigenvalue weighted by Gasteiger charge is 2.78. The standard InChI is InChI=1S/C18H15N5O4/c1-3-13-16(2)26-14(11-5-4-6-12(7-11)23(24)25)17(8-19,9-20)18(13,10-21)15(22)27-16/h4-7,13-14,22H,3H2,1-2H3. The van der Waals surface area contributed by atoms with Gasteiger partial charge in [-0.1, -0.05) is 19.1 Å². The molecule has 0 radical (unpaired) electrons. The number of rotatable bonds is 3. The van der Waals surface area contributed by atoms with Crippen LogP contribution in [0.1, 0.15) is 31.9 Å². The van der Waals surface area contributed by atoms with Crippen LogP contribution in [0.3, 0.4) is 0 Å². The molecule has 2 fully saturated rings. The maximum absolute atomic E-state index is 11.1. The van der Waals surface area contributed by atoms with E-state index >= 15 is 0 Å². The highest BCUT2D eigenvalue weighted by molar-refractivity contribution is 5.89. The molecule has 136 valence electrons. The Bertz CT molecular complexity index is 957. The molecule has 0 aliphatic carbocycles. The largest absolute Gasteiger partial charge is 0.448 e. The molecule has 9 heteroatoms. The van der Waals surface area contributed by atoms with E-state index < -0.39 is 39.5 Å². The Hall–Kier alpha value is -3.48. The Morgan fingerprint density at radius 3 is 2.48 bits per heavy atom. The van der Waals surface area contributed by atoms with Crippen molar-refractivity contribution in [2.45, 2.75) is 32.2 Å². The summed E-state index contributed by atoms with van der Waals surface area (Å²) >= 11 is 0. The first-order valence-electron chi connectivity index (χ1n) is 8.20. The van der Waals surface area contributed by atoms with Crippen LogP contribution in [0.4, 0.5) is 5.69 Å². The second-order valence-corrected chi connectivity index (χ2v) is 6.71. The zero-order valence-corrected chi connectivity index (χ0v) is 14.6. The van der Waals surface area contributed by atoms with Crippen LogP contribution in [0.5, 0.6) is 0 Å². The average molecular weight is 365 g/mol. The molecule has 4 unspecified atom stereocenters. The monoisotopic (exact) mass is 365 g/mol. The maximum Gasteiger partial charge on any atom is 0.269 e. The van der Waals surface area contributed by atoms with Gasteiger partial charge >= 0.3 is 0 Å². The summed E-state index contributed by atoms with van der Waals surface area (Å²) in [5.41, 5.74) is -4.00. The van der Waals surface area contributed by atoms with Crippen molar-refractivity contribution in [2.24, 2.45) is 16.7 Å². The van der Waals surface area contributed by atoms with Gasteiger partial charge in [-0.25, -0.2) is 0 Å². The van der Waals surface area contributed by atoms with E-state index in [-0.39, 0.29) is 11.3 Å². The smallest absolute Gasteiger partial charge is 0.269 e. The fourth-order valence-corrected chi connectivity index (χ4v) is 4.33. The molecule has 0 spiro atoms. The Labute approximate surface area is 155 Å². The number of benzene rings is 1. The third-order valence-corrected chi connectivity index (χ3v) is 5.51. The summed E-state index contributed by atoms with van der Waals surface area (Å²) in [6.07, 6.45) is -0.971. The molecule has 2 saturated heterocycles. The molecule has 2 aliphatic heterocycles. The van der Waals surface area contributed by atoms with E-state index in [1.165, 1.54) is 24.3 Å². The molecule has 0 amide bonds. The number of fused-ring (bicyclic) bond motifs is 2. The lowest BCUT2D eigenvalue weighted by Gasteiger charge is -2.48. The molecule has 1 aromatic carbocycles. The van der Waals surface area contributed by atoms with Gasteiger partial charge in [0.2, 0.25) is 17.1 Å². The summed E-state index contributed by atoms with van der Waals surface area (Å²) in [6.45, 7) is 3.31. The van der Waals surface area contributed by atoms with Crippen LogP contribution in [0.15, 0.2) is 24.3 Å². The lowest BCUT2D eigenvalue weighted by atomic mass is 9.53. The van der Waals surface area contributed by atoms with Gasteiger partial charge in [-0.05, 0) is 12.0 Å². The minimum absolute atomic E-state index is 0.200. The molecule has 9 nitrogen and oxygen atoms in total. The summed E-state index contributed by atoms with van der Waals surface area (Å²) in [7, 11) is 0. The Morgan fingerprint density at radius 2 is 1.96 bits per heavy atom. The Balaban J connectivity index is 2.32. The lowest BCUT2D eigenvalue weighted by molar-refractivity contribution is -0.385. The van der Waals surface area contributed by atoms with Crippen LogP contribution >= 0.6 is 0 Å². The van der Waals surface area contributed by atoms with Crippen LogP contribution in [0, 0.1) is 66.3 Å². The van der Waals surface area contributed by atoms with Crippen molar-refractivity contribution in [1.82, 2.24) is 0 Å². The summed E-state index contributed by atoms with van der Waals surface area (Å²) in [6, 6.07) is 11.2. The molecular formula is C18H15N5O4. The van der Waals surface area contributed by atoms with Crippen molar-refractivity contribution >= 4 is 11.6 Å². The van der Waals surface area contributed by atoms with Crippen molar-refractivity contribution in [1.29, 1.82) is 21.2 Å². The lowest BCUT2D eigenvalue weighted by Crippen LogP contribution is -2.58. The molecule has 2 aliphatic rings. The van der Waals surface area contributed by atoms with E-state index in [0.717, 1.165) is 0 Å². The topological polar surface area (TPSA) is 157 Å². The Morgan fingerprint density at radius 1 is 1.30 bits per heavy atom. The molecule has 2 heterocycles. The number of nitro benzene ring substituents is 1. The number of nitriles is 3.